The van der Waals surface area contributed by atoms with Gasteiger partial charge in [-0.1, -0.05) is 19.1 Å². The Kier molecular flexibility index (Phi) is 2.84. The molecule has 0 radical (unpaired) electrons. The normalized spacial score (nSPS) is 22.3. The van der Waals surface area contributed by atoms with E-state index in [9.17, 15) is 13.2 Å². The van der Waals surface area contributed by atoms with E-state index in [-0.39, 0.29) is 12.0 Å². The third-order valence-corrected chi connectivity index (χ3v) is 2.39. The van der Waals surface area contributed by atoms with Gasteiger partial charge in [0.15, 0.2) is 0 Å². The second-order valence-corrected chi connectivity index (χ2v) is 3.27. The van der Waals surface area contributed by atoms with Gasteiger partial charge in [-0.2, -0.15) is 13.2 Å². The van der Waals surface area contributed by atoms with E-state index in [1.165, 1.54) is 0 Å². The summed E-state index contributed by atoms with van der Waals surface area (Å²) in [5.74, 6) is 0. The van der Waals surface area contributed by atoms with E-state index in [0.717, 1.165) is 12.8 Å². The molecule has 74 valence electrons. The molecule has 0 aromatic rings. The number of hydrogen-bond acceptors (Lipinski definition) is 0. The smallest absolute Gasteiger partial charge is 0.166 e. The van der Waals surface area contributed by atoms with Crippen molar-refractivity contribution in [3.8, 4) is 0 Å². The highest BCUT2D eigenvalue weighted by Crippen LogP contribution is 2.39. The highest BCUT2D eigenvalue weighted by Gasteiger charge is 2.35. The number of alkyl halides is 3. The van der Waals surface area contributed by atoms with Gasteiger partial charge in [-0.05, 0) is 31.3 Å². The lowest BCUT2D eigenvalue weighted by Gasteiger charge is -2.13. The van der Waals surface area contributed by atoms with Crippen LogP contribution in [0.4, 0.5) is 13.2 Å². The molecule has 0 saturated heterocycles. The molecule has 0 atom stereocenters. The van der Waals surface area contributed by atoms with Crippen molar-refractivity contribution < 1.29 is 13.2 Å². The van der Waals surface area contributed by atoms with Crippen LogP contribution < -0.4 is 0 Å². The number of allylic oxidation sites excluding steroid dienone is 3. The zero-order valence-electron chi connectivity index (χ0n) is 7.67. The van der Waals surface area contributed by atoms with Crippen molar-refractivity contribution in [2.75, 3.05) is 0 Å². The van der Waals surface area contributed by atoms with Crippen molar-refractivity contribution in [1.29, 1.82) is 0 Å². The highest BCUT2D eigenvalue weighted by molar-refractivity contribution is 5.38. The van der Waals surface area contributed by atoms with Crippen LogP contribution in [-0.2, 0) is 0 Å². The molecule has 0 aromatic carbocycles. The molecule has 0 N–H and O–H groups in total. The van der Waals surface area contributed by atoms with Crippen LogP contribution in [0.5, 0.6) is 0 Å². The molecule has 0 aliphatic heterocycles. The molecule has 1 aliphatic carbocycles. The summed E-state index contributed by atoms with van der Waals surface area (Å²) in [5, 5.41) is 0. The van der Waals surface area contributed by atoms with Gasteiger partial charge in [-0.25, -0.2) is 0 Å². The van der Waals surface area contributed by atoms with E-state index >= 15 is 0 Å². The van der Waals surface area contributed by atoms with Crippen LogP contribution in [-0.4, -0.2) is 6.18 Å². The molecule has 1 fully saturated rings. The van der Waals surface area contributed by atoms with E-state index in [1.807, 2.05) is 0 Å². The summed E-state index contributed by atoms with van der Waals surface area (Å²) in [4.78, 5) is 0. The first-order valence-electron chi connectivity index (χ1n) is 4.44. The maximum absolute atomic E-state index is 12.4. The maximum Gasteiger partial charge on any atom is 0.412 e. The molecule has 0 heterocycles. The number of rotatable bonds is 1. The summed E-state index contributed by atoms with van der Waals surface area (Å²) in [6, 6.07) is 0. The van der Waals surface area contributed by atoms with Crippen LogP contribution in [0, 0.1) is 0 Å². The molecular weight excluding hydrogens is 177 g/mol. The minimum absolute atomic E-state index is 0.0534. The lowest BCUT2D eigenvalue weighted by Crippen LogP contribution is -2.13. The van der Waals surface area contributed by atoms with Crippen molar-refractivity contribution in [3.63, 3.8) is 0 Å². The average Bonchev–Trinajstić information content (AvgIpc) is 2.35. The quantitative estimate of drug-likeness (QED) is 0.586. The molecule has 13 heavy (non-hydrogen) atoms. The average molecular weight is 190 g/mol. The van der Waals surface area contributed by atoms with Gasteiger partial charge in [0.25, 0.3) is 0 Å². The summed E-state index contributed by atoms with van der Waals surface area (Å²) in [7, 11) is 0. The SMILES string of the molecule is C=C1CCC/C1=C(/CC)C(F)(F)F. The Labute approximate surface area is 76.1 Å². The predicted octanol–water partition coefficient (Wildman–Crippen LogP) is 4.00. The Morgan fingerprint density at radius 1 is 1.38 bits per heavy atom. The van der Waals surface area contributed by atoms with Gasteiger partial charge in [-0.15, -0.1) is 0 Å². The molecule has 0 unspecified atom stereocenters. The Morgan fingerprint density at radius 2 is 2.00 bits per heavy atom. The lowest BCUT2D eigenvalue weighted by atomic mass is 10.0. The summed E-state index contributed by atoms with van der Waals surface area (Å²) in [5.41, 5.74) is 0.749. The largest absolute Gasteiger partial charge is 0.412 e. The van der Waals surface area contributed by atoms with Crippen molar-refractivity contribution in [2.45, 2.75) is 38.8 Å². The number of hydrogen-bond donors (Lipinski definition) is 0. The second kappa shape index (κ2) is 3.56. The molecule has 3 heteroatoms. The van der Waals surface area contributed by atoms with Crippen molar-refractivity contribution in [3.05, 3.63) is 23.3 Å². The van der Waals surface area contributed by atoms with Gasteiger partial charge < -0.3 is 0 Å². The molecule has 0 amide bonds. The molecule has 0 spiro atoms. The van der Waals surface area contributed by atoms with Gasteiger partial charge >= 0.3 is 6.18 Å². The third kappa shape index (κ3) is 2.14. The van der Waals surface area contributed by atoms with E-state index in [4.69, 9.17) is 0 Å². The van der Waals surface area contributed by atoms with Gasteiger partial charge in [-0.3, -0.25) is 0 Å². The first-order valence-corrected chi connectivity index (χ1v) is 4.44. The topological polar surface area (TPSA) is 0 Å². The predicted molar refractivity (Wildman–Crippen MR) is 46.4 cm³/mol. The van der Waals surface area contributed by atoms with Crippen LogP contribution in [0.15, 0.2) is 23.3 Å². The third-order valence-electron chi connectivity index (χ3n) is 2.39. The summed E-state index contributed by atoms with van der Waals surface area (Å²) in [6.45, 7) is 5.20. The Balaban J connectivity index is 3.04. The van der Waals surface area contributed by atoms with Crippen molar-refractivity contribution >= 4 is 0 Å². The molecule has 0 aromatic heterocycles. The highest BCUT2D eigenvalue weighted by atomic mass is 19.4. The van der Waals surface area contributed by atoms with Crippen LogP contribution in [0.3, 0.4) is 0 Å². The summed E-state index contributed by atoms with van der Waals surface area (Å²) < 4.78 is 37.3. The minimum atomic E-state index is -4.17. The van der Waals surface area contributed by atoms with Gasteiger partial charge in [0.2, 0.25) is 0 Å². The fourth-order valence-electron chi connectivity index (χ4n) is 1.76. The van der Waals surface area contributed by atoms with Crippen molar-refractivity contribution in [2.24, 2.45) is 0 Å². The van der Waals surface area contributed by atoms with Crippen molar-refractivity contribution in [1.82, 2.24) is 0 Å². The minimum Gasteiger partial charge on any atom is -0.166 e. The first-order chi connectivity index (χ1) is 5.96. The zero-order chi connectivity index (χ0) is 10.1. The van der Waals surface area contributed by atoms with Crippen LogP contribution in [0.2, 0.25) is 0 Å². The fraction of sp³-hybridized carbons (Fsp3) is 0.600. The Bertz CT molecular complexity index is 245. The van der Waals surface area contributed by atoms with E-state index in [1.54, 1.807) is 6.92 Å². The molecule has 0 nitrogen and oxygen atoms in total. The standard InChI is InChI=1S/C10H13F3/c1-3-9(10(11,12)13)8-6-4-5-7(8)2/h2-6H2,1H3/b9-8+. The fourth-order valence-corrected chi connectivity index (χ4v) is 1.76. The molecule has 0 bridgehead atoms. The summed E-state index contributed by atoms with van der Waals surface area (Å²) in [6.07, 6.45) is -2.04. The molecule has 1 aliphatic rings. The number of halogens is 3. The van der Waals surface area contributed by atoms with Gasteiger partial charge in [0.05, 0.1) is 0 Å². The van der Waals surface area contributed by atoms with E-state index < -0.39 is 6.18 Å². The molecule has 1 rings (SSSR count). The lowest BCUT2D eigenvalue weighted by molar-refractivity contribution is -0.0943. The monoisotopic (exact) mass is 190 g/mol. The van der Waals surface area contributed by atoms with Crippen LogP contribution in [0.25, 0.3) is 0 Å². The Morgan fingerprint density at radius 3 is 2.31 bits per heavy atom. The van der Waals surface area contributed by atoms with Crippen LogP contribution >= 0.6 is 0 Å². The van der Waals surface area contributed by atoms with Gasteiger partial charge in [0, 0.05) is 5.57 Å². The molecule has 1 saturated carbocycles. The Hall–Kier alpha value is -0.730. The summed E-state index contributed by atoms with van der Waals surface area (Å²) >= 11 is 0. The van der Waals surface area contributed by atoms with Crippen LogP contribution in [0.1, 0.15) is 32.6 Å². The van der Waals surface area contributed by atoms with Gasteiger partial charge in [0.1, 0.15) is 0 Å². The van der Waals surface area contributed by atoms with E-state index in [2.05, 4.69) is 6.58 Å². The molecular formula is C10H13F3. The zero-order valence-corrected chi connectivity index (χ0v) is 7.67. The first kappa shape index (κ1) is 10.4. The van der Waals surface area contributed by atoms with E-state index in [0.29, 0.717) is 17.6 Å². The second-order valence-electron chi connectivity index (χ2n) is 3.27. The maximum atomic E-state index is 12.4.